The number of nitrogens with zero attached hydrogens (tertiary/aromatic N) is 1. The lowest BCUT2D eigenvalue weighted by molar-refractivity contribution is -0.137. The van der Waals surface area contributed by atoms with Gasteiger partial charge in [-0.15, -0.1) is 0 Å². The van der Waals surface area contributed by atoms with Crippen LogP contribution < -0.4 is 9.47 Å². The first kappa shape index (κ1) is 19.5. The number of rotatable bonds is 6. The minimum Gasteiger partial charge on any atom is -0.497 e. The molecule has 3 nitrogen and oxygen atoms in total. The standard InChI is InChI=1S/C22H18F3NO2/c1-27-19-9-11-20(12-10-19)28-21-4-2-3-17(13-21)15-26-14-16-5-7-18(8-6-16)22(23,24)25/h2-13,15H,14H2,1H3/b26-15+. The van der Waals surface area contributed by atoms with E-state index in [4.69, 9.17) is 9.47 Å². The molecule has 0 fully saturated rings. The van der Waals surface area contributed by atoms with E-state index >= 15 is 0 Å². The largest absolute Gasteiger partial charge is 0.497 e. The van der Waals surface area contributed by atoms with Gasteiger partial charge in [-0.05, 0) is 59.7 Å². The van der Waals surface area contributed by atoms with Crippen molar-refractivity contribution in [1.29, 1.82) is 0 Å². The summed E-state index contributed by atoms with van der Waals surface area (Å²) >= 11 is 0. The summed E-state index contributed by atoms with van der Waals surface area (Å²) in [5.41, 5.74) is 0.872. The molecule has 0 aliphatic carbocycles. The van der Waals surface area contributed by atoms with E-state index in [0.717, 1.165) is 23.4 Å². The molecule has 0 unspecified atom stereocenters. The maximum atomic E-state index is 12.6. The van der Waals surface area contributed by atoms with Crippen molar-refractivity contribution < 1.29 is 22.6 Å². The van der Waals surface area contributed by atoms with Crippen molar-refractivity contribution in [3.8, 4) is 17.2 Å². The van der Waals surface area contributed by atoms with Crippen LogP contribution in [0.2, 0.25) is 0 Å². The molecule has 3 rings (SSSR count). The van der Waals surface area contributed by atoms with E-state index in [9.17, 15) is 13.2 Å². The van der Waals surface area contributed by atoms with Gasteiger partial charge in [0.15, 0.2) is 0 Å². The van der Waals surface area contributed by atoms with E-state index in [1.165, 1.54) is 12.1 Å². The smallest absolute Gasteiger partial charge is 0.416 e. The number of aliphatic imine (C=N–C) groups is 1. The van der Waals surface area contributed by atoms with Gasteiger partial charge < -0.3 is 9.47 Å². The van der Waals surface area contributed by atoms with Gasteiger partial charge in [-0.3, -0.25) is 4.99 Å². The van der Waals surface area contributed by atoms with Crippen molar-refractivity contribution >= 4 is 6.21 Å². The topological polar surface area (TPSA) is 30.8 Å². The third-order valence-corrected chi connectivity index (χ3v) is 3.95. The Morgan fingerprint density at radius 2 is 1.54 bits per heavy atom. The van der Waals surface area contributed by atoms with Crippen LogP contribution in [0, 0.1) is 0 Å². The number of ether oxygens (including phenoxy) is 2. The molecule has 3 aromatic carbocycles. The van der Waals surface area contributed by atoms with Crippen LogP contribution in [0.4, 0.5) is 13.2 Å². The van der Waals surface area contributed by atoms with Crippen LogP contribution in [0.3, 0.4) is 0 Å². The fraction of sp³-hybridized carbons (Fsp3) is 0.136. The molecule has 0 radical (unpaired) electrons. The maximum Gasteiger partial charge on any atom is 0.416 e. The Bertz CT molecular complexity index is 933. The minimum absolute atomic E-state index is 0.293. The number of benzene rings is 3. The normalized spacial score (nSPS) is 11.6. The number of hydrogen-bond acceptors (Lipinski definition) is 3. The van der Waals surface area contributed by atoms with Gasteiger partial charge in [-0.2, -0.15) is 13.2 Å². The Balaban J connectivity index is 1.62. The van der Waals surface area contributed by atoms with E-state index in [-0.39, 0.29) is 0 Å². The molecule has 0 aliphatic rings. The molecule has 28 heavy (non-hydrogen) atoms. The van der Waals surface area contributed by atoms with E-state index < -0.39 is 11.7 Å². The molecule has 0 heterocycles. The van der Waals surface area contributed by atoms with Crippen molar-refractivity contribution in [2.24, 2.45) is 4.99 Å². The SMILES string of the molecule is COc1ccc(Oc2cccc(/C=N/Cc3ccc(C(F)(F)F)cc3)c2)cc1. The van der Waals surface area contributed by atoms with Crippen molar-refractivity contribution in [2.45, 2.75) is 12.7 Å². The molecule has 0 saturated carbocycles. The molecule has 3 aromatic rings. The highest BCUT2D eigenvalue weighted by atomic mass is 19.4. The zero-order valence-electron chi connectivity index (χ0n) is 15.1. The third-order valence-electron chi connectivity index (χ3n) is 3.95. The van der Waals surface area contributed by atoms with Gasteiger partial charge in [-0.25, -0.2) is 0 Å². The Morgan fingerprint density at radius 3 is 2.18 bits per heavy atom. The van der Waals surface area contributed by atoms with Gasteiger partial charge in [0, 0.05) is 6.21 Å². The van der Waals surface area contributed by atoms with Gasteiger partial charge in [0.1, 0.15) is 17.2 Å². The van der Waals surface area contributed by atoms with Crippen LogP contribution in [0.5, 0.6) is 17.2 Å². The quantitative estimate of drug-likeness (QED) is 0.478. The summed E-state index contributed by atoms with van der Waals surface area (Å²) in [6.45, 7) is 0.293. The predicted molar refractivity (Wildman–Crippen MR) is 102 cm³/mol. The van der Waals surface area contributed by atoms with E-state index in [1.54, 1.807) is 13.3 Å². The number of methoxy groups -OCH3 is 1. The zero-order valence-corrected chi connectivity index (χ0v) is 15.1. The number of hydrogen-bond donors (Lipinski definition) is 0. The molecule has 0 atom stereocenters. The van der Waals surface area contributed by atoms with E-state index in [2.05, 4.69) is 4.99 Å². The van der Waals surface area contributed by atoms with Gasteiger partial charge in [0.2, 0.25) is 0 Å². The zero-order chi connectivity index (χ0) is 20.0. The fourth-order valence-corrected chi connectivity index (χ4v) is 2.49. The average Bonchev–Trinajstić information content (AvgIpc) is 2.69. The van der Waals surface area contributed by atoms with Crippen LogP contribution in [0.15, 0.2) is 77.8 Å². The first-order chi connectivity index (χ1) is 13.4. The predicted octanol–water partition coefficient (Wildman–Crippen LogP) is 6.13. The Labute approximate surface area is 161 Å². The Hall–Kier alpha value is -3.28. The molecule has 0 spiro atoms. The second-order valence-electron chi connectivity index (χ2n) is 6.01. The van der Waals surface area contributed by atoms with Crippen LogP contribution in [0.1, 0.15) is 16.7 Å². The Kier molecular flexibility index (Phi) is 5.99. The van der Waals surface area contributed by atoms with Crippen LogP contribution in [0.25, 0.3) is 0 Å². The highest BCUT2D eigenvalue weighted by Crippen LogP contribution is 2.29. The third kappa shape index (κ3) is 5.36. The molecule has 0 bridgehead atoms. The van der Waals surface area contributed by atoms with Crippen molar-refractivity contribution in [3.63, 3.8) is 0 Å². The fourth-order valence-electron chi connectivity index (χ4n) is 2.49. The minimum atomic E-state index is -4.33. The van der Waals surface area contributed by atoms with Gasteiger partial charge >= 0.3 is 6.18 Å². The van der Waals surface area contributed by atoms with Crippen molar-refractivity contribution in [1.82, 2.24) is 0 Å². The first-order valence-electron chi connectivity index (χ1n) is 8.52. The van der Waals surface area contributed by atoms with E-state index in [1.807, 2.05) is 48.5 Å². The van der Waals surface area contributed by atoms with Gasteiger partial charge in [0.05, 0.1) is 19.2 Å². The molecule has 0 aromatic heterocycles. The summed E-state index contributed by atoms with van der Waals surface area (Å²) in [6, 6.07) is 19.6. The summed E-state index contributed by atoms with van der Waals surface area (Å²) in [5, 5.41) is 0. The molecule has 0 N–H and O–H groups in total. The summed E-state index contributed by atoms with van der Waals surface area (Å²) in [7, 11) is 1.60. The monoisotopic (exact) mass is 385 g/mol. The van der Waals surface area contributed by atoms with Crippen molar-refractivity contribution in [3.05, 3.63) is 89.5 Å². The molecule has 0 saturated heterocycles. The summed E-state index contributed by atoms with van der Waals surface area (Å²) in [5.74, 6) is 2.08. The van der Waals surface area contributed by atoms with E-state index in [0.29, 0.717) is 23.6 Å². The molecular weight excluding hydrogens is 367 g/mol. The highest BCUT2D eigenvalue weighted by molar-refractivity contribution is 5.80. The lowest BCUT2D eigenvalue weighted by atomic mass is 10.1. The summed E-state index contributed by atoms with van der Waals surface area (Å²) < 4.78 is 48.6. The summed E-state index contributed by atoms with van der Waals surface area (Å²) in [6.07, 6.45) is -2.66. The van der Waals surface area contributed by atoms with Crippen LogP contribution >= 0.6 is 0 Å². The number of halogens is 3. The molecule has 144 valence electrons. The average molecular weight is 385 g/mol. The highest BCUT2D eigenvalue weighted by Gasteiger charge is 2.29. The van der Waals surface area contributed by atoms with Crippen LogP contribution in [-0.2, 0) is 12.7 Å². The van der Waals surface area contributed by atoms with Gasteiger partial charge in [0.25, 0.3) is 0 Å². The second-order valence-corrected chi connectivity index (χ2v) is 6.01. The molecule has 0 aliphatic heterocycles. The summed E-state index contributed by atoms with van der Waals surface area (Å²) in [4.78, 5) is 4.30. The lowest BCUT2D eigenvalue weighted by Gasteiger charge is -2.07. The maximum absolute atomic E-state index is 12.6. The van der Waals surface area contributed by atoms with Crippen molar-refractivity contribution in [2.75, 3.05) is 7.11 Å². The lowest BCUT2D eigenvalue weighted by Crippen LogP contribution is -2.04. The molecule has 6 heteroatoms. The van der Waals surface area contributed by atoms with Crippen LogP contribution in [-0.4, -0.2) is 13.3 Å². The first-order valence-corrected chi connectivity index (χ1v) is 8.52. The molecular formula is C22H18F3NO2. The number of alkyl halides is 3. The Morgan fingerprint density at radius 1 is 0.857 bits per heavy atom. The van der Waals surface area contributed by atoms with Gasteiger partial charge in [-0.1, -0.05) is 24.3 Å². The second kappa shape index (κ2) is 8.61. The molecule has 0 amide bonds.